The molecular weight excluding hydrogens is 308 g/mol. The Hall–Kier alpha value is -1.59. The third-order valence-corrected chi connectivity index (χ3v) is 4.31. The van der Waals surface area contributed by atoms with Gasteiger partial charge in [-0.05, 0) is 38.5 Å². The maximum Gasteiger partial charge on any atom is 0.269 e. The van der Waals surface area contributed by atoms with E-state index >= 15 is 0 Å². The number of nitrogens with zero attached hydrogens (tertiary/aromatic N) is 2. The molecule has 2 aromatic rings. The Balaban J connectivity index is 2.10. The molecule has 4 nitrogen and oxygen atoms in total. The van der Waals surface area contributed by atoms with E-state index in [2.05, 4.69) is 4.98 Å². The molecule has 0 bridgehead atoms. The Morgan fingerprint density at radius 1 is 1.43 bits per heavy atom. The molecule has 0 spiro atoms. The number of halogens is 1. The molecule has 0 radical (unpaired) electrons. The van der Waals surface area contributed by atoms with Gasteiger partial charge in [0.25, 0.3) is 5.91 Å². The van der Waals surface area contributed by atoms with Crippen molar-refractivity contribution in [2.75, 3.05) is 11.9 Å². The number of aryl methyl sites for hydroxylation is 2. The summed E-state index contributed by atoms with van der Waals surface area (Å²) in [6.45, 7) is 5.54. The predicted molar refractivity (Wildman–Crippen MR) is 86.5 cm³/mol. The Morgan fingerprint density at radius 3 is 2.76 bits per heavy atom. The number of rotatable bonds is 4. The first-order valence-electron chi connectivity index (χ1n) is 6.51. The van der Waals surface area contributed by atoms with Crippen LogP contribution in [0, 0.1) is 13.8 Å². The van der Waals surface area contributed by atoms with Crippen LogP contribution in [0.4, 0.5) is 5.13 Å². The molecule has 6 heteroatoms. The maximum absolute atomic E-state index is 12.4. The monoisotopic (exact) mass is 324 g/mol. The molecule has 0 aliphatic rings. The van der Waals surface area contributed by atoms with Crippen molar-refractivity contribution in [3.63, 3.8) is 0 Å². The second-order valence-electron chi connectivity index (χ2n) is 4.86. The van der Waals surface area contributed by atoms with E-state index < -0.39 is 6.10 Å². The lowest BCUT2D eigenvalue weighted by atomic mass is 10.2. The highest BCUT2D eigenvalue weighted by atomic mass is 35.5. The van der Waals surface area contributed by atoms with Crippen LogP contribution in [0.15, 0.2) is 23.6 Å². The molecule has 0 aliphatic heterocycles. The van der Waals surface area contributed by atoms with E-state index in [-0.39, 0.29) is 5.91 Å². The molecule has 112 valence electrons. The lowest BCUT2D eigenvalue weighted by Crippen LogP contribution is -2.38. The number of hydrogen-bond donors (Lipinski definition) is 0. The summed E-state index contributed by atoms with van der Waals surface area (Å²) in [6.07, 6.45) is -0.640. The second kappa shape index (κ2) is 6.45. The van der Waals surface area contributed by atoms with Gasteiger partial charge in [0.05, 0.1) is 10.7 Å². The zero-order chi connectivity index (χ0) is 15.6. The first kappa shape index (κ1) is 15.8. The largest absolute Gasteiger partial charge is 0.479 e. The van der Waals surface area contributed by atoms with E-state index in [9.17, 15) is 4.79 Å². The van der Waals surface area contributed by atoms with Crippen molar-refractivity contribution in [1.82, 2.24) is 4.98 Å². The predicted octanol–water partition coefficient (Wildman–Crippen LogP) is 3.84. The normalized spacial score (nSPS) is 12.0. The molecule has 0 saturated carbocycles. The summed E-state index contributed by atoms with van der Waals surface area (Å²) < 4.78 is 5.69. The van der Waals surface area contributed by atoms with Crippen LogP contribution in [-0.4, -0.2) is 24.0 Å². The van der Waals surface area contributed by atoms with Gasteiger partial charge in [0.2, 0.25) is 0 Å². The highest BCUT2D eigenvalue weighted by Crippen LogP contribution is 2.27. The Labute approximate surface area is 133 Å². The SMILES string of the molecule is Cc1ccc(Cl)c(OC(C)C(=O)N(C)c2nc(C)cs2)c1. The minimum atomic E-state index is -0.640. The minimum absolute atomic E-state index is 0.165. The van der Waals surface area contributed by atoms with Crippen molar-refractivity contribution in [3.8, 4) is 5.75 Å². The quantitative estimate of drug-likeness (QED) is 0.858. The number of likely N-dealkylation sites (N-methyl/N-ethyl adjacent to an activating group) is 1. The van der Waals surface area contributed by atoms with Crippen LogP contribution in [0.2, 0.25) is 5.02 Å². The number of benzene rings is 1. The fourth-order valence-corrected chi connectivity index (χ4v) is 2.74. The number of aromatic nitrogens is 1. The van der Waals surface area contributed by atoms with E-state index in [4.69, 9.17) is 16.3 Å². The number of ether oxygens (including phenoxy) is 1. The molecule has 1 amide bonds. The van der Waals surface area contributed by atoms with Crippen LogP contribution >= 0.6 is 22.9 Å². The first-order valence-corrected chi connectivity index (χ1v) is 7.76. The average Bonchev–Trinajstić information content (AvgIpc) is 2.87. The van der Waals surface area contributed by atoms with Gasteiger partial charge < -0.3 is 4.74 Å². The Morgan fingerprint density at radius 2 is 2.14 bits per heavy atom. The molecular formula is C15H17ClN2O2S. The maximum atomic E-state index is 12.4. The summed E-state index contributed by atoms with van der Waals surface area (Å²) in [7, 11) is 1.69. The fourth-order valence-electron chi connectivity index (χ4n) is 1.80. The van der Waals surface area contributed by atoms with Gasteiger partial charge in [-0.2, -0.15) is 0 Å². The van der Waals surface area contributed by atoms with Gasteiger partial charge in [0.15, 0.2) is 11.2 Å². The van der Waals surface area contributed by atoms with Gasteiger partial charge in [-0.3, -0.25) is 9.69 Å². The number of anilines is 1. The number of carbonyl (C=O) groups excluding carboxylic acids is 1. The van der Waals surface area contributed by atoms with Crippen molar-refractivity contribution in [2.45, 2.75) is 26.9 Å². The zero-order valence-electron chi connectivity index (χ0n) is 12.4. The van der Waals surface area contributed by atoms with Crippen molar-refractivity contribution >= 4 is 34.0 Å². The highest BCUT2D eigenvalue weighted by molar-refractivity contribution is 7.14. The van der Waals surface area contributed by atoms with Crippen LogP contribution < -0.4 is 9.64 Å². The molecule has 0 fully saturated rings. The molecule has 2 rings (SSSR count). The van der Waals surface area contributed by atoms with E-state index in [1.54, 1.807) is 20.0 Å². The van der Waals surface area contributed by atoms with Crippen molar-refractivity contribution in [1.29, 1.82) is 0 Å². The zero-order valence-corrected chi connectivity index (χ0v) is 14.0. The molecule has 1 heterocycles. The number of amides is 1. The molecule has 21 heavy (non-hydrogen) atoms. The highest BCUT2D eigenvalue weighted by Gasteiger charge is 2.23. The average molecular weight is 325 g/mol. The van der Waals surface area contributed by atoms with Crippen LogP contribution in [0.1, 0.15) is 18.2 Å². The molecule has 1 aromatic carbocycles. The summed E-state index contributed by atoms with van der Waals surface area (Å²) in [4.78, 5) is 18.2. The third kappa shape index (κ3) is 3.74. The lowest BCUT2D eigenvalue weighted by Gasteiger charge is -2.20. The third-order valence-electron chi connectivity index (χ3n) is 2.96. The summed E-state index contributed by atoms with van der Waals surface area (Å²) >= 11 is 7.51. The van der Waals surface area contributed by atoms with Crippen LogP contribution in [0.5, 0.6) is 5.75 Å². The standard InChI is InChI=1S/C15H17ClN2O2S/c1-9-5-6-12(16)13(7-9)20-11(3)14(19)18(4)15-17-10(2)8-21-15/h5-8,11H,1-4H3. The van der Waals surface area contributed by atoms with Crippen molar-refractivity contribution in [3.05, 3.63) is 39.9 Å². The molecule has 0 N–H and O–H groups in total. The van der Waals surface area contributed by atoms with Gasteiger partial charge >= 0.3 is 0 Å². The minimum Gasteiger partial charge on any atom is -0.479 e. The summed E-state index contributed by atoms with van der Waals surface area (Å²) in [5.41, 5.74) is 1.92. The van der Waals surface area contributed by atoms with E-state index in [0.717, 1.165) is 11.3 Å². The van der Waals surface area contributed by atoms with Crippen molar-refractivity contribution < 1.29 is 9.53 Å². The fraction of sp³-hybridized carbons (Fsp3) is 0.333. The van der Waals surface area contributed by atoms with E-state index in [0.29, 0.717) is 15.9 Å². The number of carbonyl (C=O) groups is 1. The van der Waals surface area contributed by atoms with Gasteiger partial charge in [-0.15, -0.1) is 11.3 Å². The van der Waals surface area contributed by atoms with Gasteiger partial charge in [-0.1, -0.05) is 17.7 Å². The van der Waals surface area contributed by atoms with Crippen LogP contribution in [-0.2, 0) is 4.79 Å². The van der Waals surface area contributed by atoms with Crippen molar-refractivity contribution in [2.24, 2.45) is 0 Å². The first-order chi connectivity index (χ1) is 9.88. The number of thiazole rings is 1. The van der Waals surface area contributed by atoms with Gasteiger partial charge in [-0.25, -0.2) is 4.98 Å². The van der Waals surface area contributed by atoms with E-state index in [1.165, 1.54) is 16.2 Å². The number of hydrogen-bond acceptors (Lipinski definition) is 4. The Bertz CT molecular complexity index is 657. The molecule has 1 aromatic heterocycles. The molecule has 1 unspecified atom stereocenters. The Kier molecular flexibility index (Phi) is 4.85. The summed E-state index contributed by atoms with van der Waals surface area (Å²) in [5, 5.41) is 3.05. The second-order valence-corrected chi connectivity index (χ2v) is 6.11. The molecule has 1 atom stereocenters. The topological polar surface area (TPSA) is 42.4 Å². The smallest absolute Gasteiger partial charge is 0.269 e. The molecule has 0 saturated heterocycles. The van der Waals surface area contributed by atoms with E-state index in [1.807, 2.05) is 31.4 Å². The molecule has 0 aliphatic carbocycles. The summed E-state index contributed by atoms with van der Waals surface area (Å²) in [5.74, 6) is 0.350. The van der Waals surface area contributed by atoms with Crippen LogP contribution in [0.25, 0.3) is 0 Å². The van der Waals surface area contributed by atoms with Gasteiger partial charge in [0.1, 0.15) is 5.75 Å². The lowest BCUT2D eigenvalue weighted by molar-refractivity contribution is -0.124. The summed E-state index contributed by atoms with van der Waals surface area (Å²) in [6, 6.07) is 5.48. The van der Waals surface area contributed by atoms with Crippen LogP contribution in [0.3, 0.4) is 0 Å². The van der Waals surface area contributed by atoms with Gasteiger partial charge in [0, 0.05) is 12.4 Å².